The molecule has 0 N–H and O–H groups in total. The van der Waals surface area contributed by atoms with Crippen LogP contribution in [0.3, 0.4) is 0 Å². The largest absolute Gasteiger partial charge is 1.00 e. The molecule has 10 heavy (non-hydrogen) atoms. The molecule has 0 rings (SSSR count). The Morgan fingerprint density at radius 2 is 1.70 bits per heavy atom. The Morgan fingerprint density at radius 3 is 1.80 bits per heavy atom. The van der Waals surface area contributed by atoms with Gasteiger partial charge in [0, 0.05) is 0 Å². The third kappa shape index (κ3) is 16.4. The minimum Gasteiger partial charge on any atom is -0.662 e. The smallest absolute Gasteiger partial charge is 0.662 e. The zero-order chi connectivity index (χ0) is 7.70. The second-order valence-electron chi connectivity index (χ2n) is 1.90. The van der Waals surface area contributed by atoms with E-state index in [1.165, 1.54) is 12.8 Å². The number of hydrogen-bond acceptors (Lipinski definition) is 0. The summed E-state index contributed by atoms with van der Waals surface area (Å²) in [7, 11) is 1.88. The fourth-order valence-electron chi connectivity index (χ4n) is 0.547. The Bertz CT molecular complexity index is 40.2. The summed E-state index contributed by atoms with van der Waals surface area (Å²) in [6.07, 6.45) is 2.48. The van der Waals surface area contributed by atoms with E-state index in [0.717, 1.165) is 0 Å². The van der Waals surface area contributed by atoms with E-state index in [-0.39, 0.29) is 58.2 Å². The van der Waals surface area contributed by atoms with Gasteiger partial charge in [-0.3, -0.25) is 0 Å². The van der Waals surface area contributed by atoms with Crippen LogP contribution in [0.25, 0.3) is 5.32 Å². The average Bonchev–Trinajstić information content (AvgIpc) is 1.93. The van der Waals surface area contributed by atoms with Gasteiger partial charge in [-0.25, -0.2) is 0 Å². The van der Waals surface area contributed by atoms with E-state index in [1.54, 1.807) is 0 Å². The third-order valence-electron chi connectivity index (χ3n) is 1.15. The zero-order valence-electron chi connectivity index (χ0n) is 8.44. The fraction of sp³-hybridized carbons (Fsp3) is 1.00. The molecule has 0 aromatic rings. The van der Waals surface area contributed by atoms with Crippen LogP contribution in [-0.2, 0) is 0 Å². The molecule has 0 spiro atoms. The molecule has 0 aliphatic carbocycles. The molecular formula is C8H20NRb. The van der Waals surface area contributed by atoms with E-state index < -0.39 is 0 Å². The average molecular weight is 216 g/mol. The van der Waals surface area contributed by atoms with Crippen LogP contribution < -0.4 is 58.2 Å². The molecule has 0 radical (unpaired) electrons. The van der Waals surface area contributed by atoms with E-state index in [9.17, 15) is 0 Å². The maximum Gasteiger partial charge on any atom is 1.00 e. The van der Waals surface area contributed by atoms with Gasteiger partial charge in [-0.15, -0.1) is 6.04 Å². The van der Waals surface area contributed by atoms with Crippen molar-refractivity contribution in [2.75, 3.05) is 7.05 Å². The minimum atomic E-state index is 0. The summed E-state index contributed by atoms with van der Waals surface area (Å²) >= 11 is 0. The van der Waals surface area contributed by atoms with Crippen LogP contribution in [0.1, 0.15) is 40.5 Å². The summed E-state index contributed by atoms with van der Waals surface area (Å²) < 4.78 is 0. The Hall–Kier alpha value is 1.77. The molecule has 0 saturated carbocycles. The first-order valence-corrected chi connectivity index (χ1v) is 3.90. The fourth-order valence-corrected chi connectivity index (χ4v) is 0.547. The van der Waals surface area contributed by atoms with Crippen molar-refractivity contribution >= 4 is 0 Å². The summed E-state index contributed by atoms with van der Waals surface area (Å²) in [5.74, 6) is 0. The Kier molecular flexibility index (Phi) is 30.2. The molecule has 2 heteroatoms. The van der Waals surface area contributed by atoms with Crippen molar-refractivity contribution in [3.05, 3.63) is 5.32 Å². The normalized spacial score (nSPS) is 10.5. The van der Waals surface area contributed by atoms with Crippen molar-refractivity contribution in [2.24, 2.45) is 0 Å². The van der Waals surface area contributed by atoms with Crippen LogP contribution in [0.2, 0.25) is 0 Å². The molecule has 0 aliphatic rings. The first-order valence-electron chi connectivity index (χ1n) is 3.90. The Balaban J connectivity index is -0.000000149. The van der Waals surface area contributed by atoms with Gasteiger partial charge in [0.05, 0.1) is 0 Å². The first kappa shape index (κ1) is 17.7. The Morgan fingerprint density at radius 1 is 1.30 bits per heavy atom. The number of rotatable bonds is 3. The third-order valence-corrected chi connectivity index (χ3v) is 1.15. The first-order chi connectivity index (χ1) is 4.31. The van der Waals surface area contributed by atoms with E-state index in [1.807, 2.05) is 20.9 Å². The van der Waals surface area contributed by atoms with Crippen molar-refractivity contribution in [3.8, 4) is 0 Å². The summed E-state index contributed by atoms with van der Waals surface area (Å²) in [5.41, 5.74) is 0. The molecule has 1 nitrogen and oxygen atoms in total. The molecule has 0 amide bonds. The van der Waals surface area contributed by atoms with Crippen molar-refractivity contribution in [1.82, 2.24) is 0 Å². The van der Waals surface area contributed by atoms with Gasteiger partial charge in [0.1, 0.15) is 0 Å². The number of hydrogen-bond donors (Lipinski definition) is 0. The molecule has 0 aromatic carbocycles. The van der Waals surface area contributed by atoms with Crippen LogP contribution in [0.4, 0.5) is 0 Å². The molecule has 58 valence electrons. The van der Waals surface area contributed by atoms with Gasteiger partial charge in [-0.05, 0) is 0 Å². The van der Waals surface area contributed by atoms with E-state index >= 15 is 0 Å². The van der Waals surface area contributed by atoms with Crippen LogP contribution in [0, 0.1) is 0 Å². The van der Waals surface area contributed by atoms with Crippen LogP contribution in [0.15, 0.2) is 0 Å². The molecule has 0 aliphatic heterocycles. The zero-order valence-corrected chi connectivity index (χ0v) is 13.4. The molecule has 0 saturated heterocycles. The second kappa shape index (κ2) is 17.0. The van der Waals surface area contributed by atoms with Gasteiger partial charge in [0.2, 0.25) is 0 Å². The van der Waals surface area contributed by atoms with E-state index in [4.69, 9.17) is 0 Å². The topological polar surface area (TPSA) is 14.1 Å². The second-order valence-corrected chi connectivity index (χ2v) is 1.90. The van der Waals surface area contributed by atoms with Gasteiger partial charge in [0.25, 0.3) is 0 Å². The van der Waals surface area contributed by atoms with Crippen LogP contribution in [0.5, 0.6) is 0 Å². The SMILES string of the molecule is CC.CCCC(C)[N-]C.[Rb+]. The van der Waals surface area contributed by atoms with E-state index in [0.29, 0.717) is 6.04 Å². The minimum absolute atomic E-state index is 0. The summed E-state index contributed by atoms with van der Waals surface area (Å²) in [4.78, 5) is 0. The van der Waals surface area contributed by atoms with Gasteiger partial charge in [-0.1, -0.05) is 40.5 Å². The monoisotopic (exact) mass is 215 g/mol. The standard InChI is InChI=1S/C6H14N.C2H6.Rb/c1-4-5-6(2)7-3;1-2;/h6H,4-5H2,1-3H3;1-2H3;/q-1;;+1. The van der Waals surface area contributed by atoms with Crippen molar-refractivity contribution in [1.29, 1.82) is 0 Å². The summed E-state index contributed by atoms with van der Waals surface area (Å²) in [6, 6.07) is 0.574. The molecular weight excluding hydrogens is 196 g/mol. The van der Waals surface area contributed by atoms with Crippen molar-refractivity contribution in [3.63, 3.8) is 0 Å². The molecule has 0 fully saturated rings. The molecule has 0 aromatic heterocycles. The van der Waals surface area contributed by atoms with Crippen LogP contribution in [-0.4, -0.2) is 13.1 Å². The molecule has 1 atom stereocenters. The summed E-state index contributed by atoms with van der Waals surface area (Å²) in [5, 5.41) is 4.08. The number of nitrogens with zero attached hydrogens (tertiary/aromatic N) is 1. The van der Waals surface area contributed by atoms with Gasteiger partial charge in [-0.2, -0.15) is 7.05 Å². The van der Waals surface area contributed by atoms with Crippen molar-refractivity contribution < 1.29 is 58.2 Å². The van der Waals surface area contributed by atoms with Crippen LogP contribution >= 0.6 is 0 Å². The van der Waals surface area contributed by atoms with Gasteiger partial charge in [0.15, 0.2) is 0 Å². The Labute approximate surface area is 115 Å². The molecule has 0 bridgehead atoms. The van der Waals surface area contributed by atoms with Gasteiger partial charge < -0.3 is 5.32 Å². The predicted octanol–water partition coefficient (Wildman–Crippen LogP) is 0.209. The maximum atomic E-state index is 4.08. The molecule has 1 unspecified atom stereocenters. The summed E-state index contributed by atoms with van der Waals surface area (Å²) in [6.45, 7) is 8.32. The predicted molar refractivity (Wildman–Crippen MR) is 45.0 cm³/mol. The van der Waals surface area contributed by atoms with Gasteiger partial charge >= 0.3 is 58.2 Å². The molecule has 0 heterocycles. The van der Waals surface area contributed by atoms with E-state index in [2.05, 4.69) is 19.2 Å². The maximum absolute atomic E-state index is 4.08. The quantitative estimate of drug-likeness (QED) is 0.639. The van der Waals surface area contributed by atoms with Crippen molar-refractivity contribution in [2.45, 2.75) is 46.6 Å².